The van der Waals surface area contributed by atoms with Crippen molar-refractivity contribution >= 4 is 11.0 Å². The van der Waals surface area contributed by atoms with Gasteiger partial charge in [0.2, 0.25) is 0 Å². The summed E-state index contributed by atoms with van der Waals surface area (Å²) in [5, 5.41) is 1.15. The van der Waals surface area contributed by atoms with Crippen LogP contribution in [0.3, 0.4) is 0 Å². The average Bonchev–Trinajstić information content (AvgIpc) is 2.25. The molecule has 0 N–H and O–H groups in total. The van der Waals surface area contributed by atoms with Crippen molar-refractivity contribution < 1.29 is 33.3 Å². The Balaban J connectivity index is 0.000000312. The fourth-order valence-electron chi connectivity index (χ4n) is 1.43. The third-order valence-electron chi connectivity index (χ3n) is 2.29. The monoisotopic (exact) mass is 286 g/mol. The molecular weight excluding hydrogens is 272 g/mol. The summed E-state index contributed by atoms with van der Waals surface area (Å²) in [4.78, 5) is 0. The number of rotatable bonds is 0. The van der Waals surface area contributed by atoms with Gasteiger partial charge in [0.25, 0.3) is 0 Å². The van der Waals surface area contributed by atoms with Crippen LogP contribution < -0.4 is 18.6 Å². The smallest absolute Gasteiger partial charge is 0.222 e. The van der Waals surface area contributed by atoms with Crippen molar-refractivity contribution in [2.24, 2.45) is 0 Å². The molecule has 1 aromatic heterocycles. The molecule has 0 fully saturated rings. The summed E-state index contributed by atoms with van der Waals surface area (Å²) in [6.07, 6.45) is 0. The van der Waals surface area contributed by atoms with Crippen LogP contribution in [0.15, 0.2) is 40.8 Å². The molecule has 0 unspecified atom stereocenters. The molecule has 0 radical (unpaired) electrons. The maximum Gasteiger partial charge on any atom is 0.360 e. The van der Waals surface area contributed by atoms with E-state index in [2.05, 4.69) is 39.0 Å². The average molecular weight is 287 g/mol. The molecular formula is C13H15ClO5. The first-order valence-electron chi connectivity index (χ1n) is 5.51. The number of hydrogen-bond acceptors (Lipinski definition) is 4. The Morgan fingerprint density at radius 3 is 1.95 bits per heavy atom. The van der Waals surface area contributed by atoms with Gasteiger partial charge >= 0.3 is 11.3 Å². The Morgan fingerprint density at radius 1 is 0.895 bits per heavy atom. The van der Waals surface area contributed by atoms with E-state index in [9.17, 15) is 0 Å². The van der Waals surface area contributed by atoms with Gasteiger partial charge in [0.1, 0.15) is 0 Å². The molecule has 0 atom stereocenters. The van der Waals surface area contributed by atoms with E-state index in [-0.39, 0.29) is 5.41 Å². The van der Waals surface area contributed by atoms with E-state index < -0.39 is 10.2 Å². The van der Waals surface area contributed by atoms with Crippen LogP contribution in [-0.2, 0) is 5.41 Å². The molecule has 6 heteroatoms. The van der Waals surface area contributed by atoms with Gasteiger partial charge in [0.05, 0.1) is 10.8 Å². The highest BCUT2D eigenvalue weighted by Gasteiger charge is 2.26. The van der Waals surface area contributed by atoms with Gasteiger partial charge in [-0.05, 0) is 32.9 Å². The van der Waals surface area contributed by atoms with E-state index in [0.29, 0.717) is 0 Å². The highest BCUT2D eigenvalue weighted by molar-refractivity contribution is 5.76. The second kappa shape index (κ2) is 5.81. The molecule has 0 bridgehead atoms. The Kier molecular flexibility index (Phi) is 4.84. The zero-order chi connectivity index (χ0) is 14.7. The van der Waals surface area contributed by atoms with Crippen molar-refractivity contribution in [1.82, 2.24) is 0 Å². The molecule has 19 heavy (non-hydrogen) atoms. The van der Waals surface area contributed by atoms with Gasteiger partial charge in [0.15, 0.2) is 0 Å². The van der Waals surface area contributed by atoms with Crippen molar-refractivity contribution in [2.75, 3.05) is 0 Å². The van der Waals surface area contributed by atoms with Crippen molar-refractivity contribution in [3.63, 3.8) is 0 Å². The lowest BCUT2D eigenvalue weighted by atomic mass is 9.93. The van der Waals surface area contributed by atoms with Crippen LogP contribution in [0.1, 0.15) is 26.5 Å². The van der Waals surface area contributed by atoms with Gasteiger partial charge < -0.3 is 0 Å². The minimum absolute atomic E-state index is 0.0734. The maximum absolute atomic E-state index is 8.49. The summed E-state index contributed by atoms with van der Waals surface area (Å²) in [5.41, 5.74) is 1.03. The van der Waals surface area contributed by atoms with E-state index in [1.807, 2.05) is 18.2 Å². The molecule has 1 heterocycles. The lowest BCUT2D eigenvalue weighted by molar-refractivity contribution is -2.00. The number of fused-ring (bicyclic) bond motifs is 1. The predicted octanol–water partition coefficient (Wildman–Crippen LogP) is -0.745. The van der Waals surface area contributed by atoms with Crippen molar-refractivity contribution in [2.45, 2.75) is 26.2 Å². The molecule has 0 spiro atoms. The minimum atomic E-state index is -4.94. The first-order chi connectivity index (χ1) is 8.57. The zero-order valence-electron chi connectivity index (χ0n) is 10.9. The fraction of sp³-hybridized carbons (Fsp3) is 0.308. The lowest BCUT2D eigenvalue weighted by Crippen LogP contribution is -2.68. The third kappa shape index (κ3) is 5.96. The summed E-state index contributed by atoms with van der Waals surface area (Å²) in [6.45, 7) is 6.46. The van der Waals surface area contributed by atoms with Crippen molar-refractivity contribution in [1.29, 1.82) is 0 Å². The second-order valence-corrected chi connectivity index (χ2v) is 5.72. The molecule has 2 aromatic rings. The first-order valence-corrected chi connectivity index (χ1v) is 6.75. The summed E-state index contributed by atoms with van der Waals surface area (Å²) in [6, 6.07) is 12.3. The van der Waals surface area contributed by atoms with Crippen LogP contribution in [0.25, 0.3) is 11.0 Å². The van der Waals surface area contributed by atoms with Crippen molar-refractivity contribution in [3.8, 4) is 0 Å². The van der Waals surface area contributed by atoms with Crippen LogP contribution in [0, 0.1) is 10.2 Å². The third-order valence-corrected chi connectivity index (χ3v) is 2.29. The molecule has 1 aromatic carbocycles. The summed E-state index contributed by atoms with van der Waals surface area (Å²) in [7, 11) is -4.94. The van der Waals surface area contributed by atoms with E-state index in [1.165, 1.54) is 0 Å². The number of para-hydroxylation sites is 1. The standard InChI is InChI=1S/C13H15O.ClHO4/c1-13(2,3)12-9-8-10-6-4-5-7-11(10)14-12;2-1(3,4)5/h4-9H,1-3H3;(H,2,3,4,5)/q+1;/p-1. The highest BCUT2D eigenvalue weighted by atomic mass is 35.7. The van der Waals surface area contributed by atoms with Gasteiger partial charge in [-0.1, -0.05) is 12.1 Å². The van der Waals surface area contributed by atoms with Crippen LogP contribution >= 0.6 is 0 Å². The van der Waals surface area contributed by atoms with Crippen LogP contribution in [0.4, 0.5) is 0 Å². The number of hydrogen-bond donors (Lipinski definition) is 0. The minimum Gasteiger partial charge on any atom is -0.222 e. The molecule has 0 aliphatic rings. The molecule has 0 saturated heterocycles. The Hall–Kier alpha value is -1.24. The maximum atomic E-state index is 8.49. The number of halogens is 1. The Bertz CT molecular complexity index is 536. The Morgan fingerprint density at radius 2 is 1.42 bits per heavy atom. The molecule has 2 rings (SSSR count). The molecule has 104 valence electrons. The van der Waals surface area contributed by atoms with E-state index in [1.54, 1.807) is 0 Å². The topological polar surface area (TPSA) is 104 Å². The summed E-state index contributed by atoms with van der Waals surface area (Å²) < 4.78 is 39.8. The lowest BCUT2D eigenvalue weighted by Gasteiger charge is -2.17. The molecule has 0 amide bonds. The highest BCUT2D eigenvalue weighted by Crippen LogP contribution is 2.25. The van der Waals surface area contributed by atoms with E-state index >= 15 is 0 Å². The quantitative estimate of drug-likeness (QED) is 0.593. The molecule has 5 nitrogen and oxygen atoms in total. The van der Waals surface area contributed by atoms with Crippen LogP contribution in [-0.4, -0.2) is 0 Å². The molecule has 0 aliphatic heterocycles. The molecule has 0 saturated carbocycles. The van der Waals surface area contributed by atoms with Gasteiger partial charge in [-0.3, -0.25) is 0 Å². The largest absolute Gasteiger partial charge is 0.360 e. The van der Waals surface area contributed by atoms with E-state index in [0.717, 1.165) is 16.7 Å². The van der Waals surface area contributed by atoms with Gasteiger partial charge in [-0.2, -0.15) is 0 Å². The fourth-order valence-corrected chi connectivity index (χ4v) is 1.43. The predicted molar refractivity (Wildman–Crippen MR) is 59.3 cm³/mol. The van der Waals surface area contributed by atoms with Crippen molar-refractivity contribution in [3.05, 3.63) is 42.2 Å². The molecule has 0 aliphatic carbocycles. The van der Waals surface area contributed by atoms with E-state index in [4.69, 9.17) is 23.1 Å². The summed E-state index contributed by atoms with van der Waals surface area (Å²) >= 11 is 0. The van der Waals surface area contributed by atoms with Crippen LogP contribution in [0.5, 0.6) is 0 Å². The summed E-state index contributed by atoms with van der Waals surface area (Å²) in [5.74, 6) is 1.02. The first kappa shape index (κ1) is 15.8. The zero-order valence-corrected chi connectivity index (χ0v) is 11.6. The normalized spacial score (nSPS) is 11.9. The number of benzene rings is 1. The van der Waals surface area contributed by atoms with Crippen LogP contribution in [0.2, 0.25) is 0 Å². The SMILES string of the molecule is CC(C)(C)c1ccc2ccccc2[o+]1.[O-][Cl+3]([O-])([O-])[O-]. The van der Waals surface area contributed by atoms with Gasteiger partial charge in [-0.25, -0.2) is 23.1 Å². The van der Waals surface area contributed by atoms with Gasteiger partial charge in [-0.15, -0.1) is 10.2 Å². The Labute approximate surface area is 113 Å². The second-order valence-electron chi connectivity index (χ2n) is 4.97. The van der Waals surface area contributed by atoms with Gasteiger partial charge in [0, 0.05) is 12.1 Å².